The van der Waals surface area contributed by atoms with Crippen molar-refractivity contribution in [2.24, 2.45) is 23.7 Å². The first-order valence-corrected chi connectivity index (χ1v) is 7.94. The van der Waals surface area contributed by atoms with Gasteiger partial charge in [0.15, 0.2) is 0 Å². The average Bonchev–Trinajstić information content (AvgIpc) is 2.77. The summed E-state index contributed by atoms with van der Waals surface area (Å²) in [5.74, 6) is 3.84. The van der Waals surface area contributed by atoms with E-state index in [1.165, 1.54) is 44.9 Å². The maximum Gasteiger partial charge on any atom is 0.0124 e. The lowest BCUT2D eigenvalue weighted by Crippen LogP contribution is -2.44. The van der Waals surface area contributed by atoms with E-state index in [2.05, 4.69) is 26.1 Å². The van der Waals surface area contributed by atoms with Gasteiger partial charge in [-0.05, 0) is 62.3 Å². The zero-order valence-electron chi connectivity index (χ0n) is 12.0. The van der Waals surface area contributed by atoms with Crippen molar-refractivity contribution >= 4 is 0 Å². The van der Waals surface area contributed by atoms with Crippen LogP contribution >= 0.6 is 0 Å². The Hall–Kier alpha value is -0.0400. The lowest BCUT2D eigenvalue weighted by molar-refractivity contribution is 0.145. The summed E-state index contributed by atoms with van der Waals surface area (Å²) in [5.41, 5.74) is 0. The molecule has 2 fully saturated rings. The van der Waals surface area contributed by atoms with Crippen LogP contribution in [0.15, 0.2) is 0 Å². The molecule has 0 heterocycles. The van der Waals surface area contributed by atoms with E-state index in [1.54, 1.807) is 0 Å². The number of rotatable bonds is 4. The predicted molar refractivity (Wildman–Crippen MR) is 75.1 cm³/mol. The summed E-state index contributed by atoms with van der Waals surface area (Å²) in [6.07, 6.45) is 10.3. The Balaban J connectivity index is 1.98. The first-order valence-electron chi connectivity index (χ1n) is 7.94. The molecule has 0 spiro atoms. The molecule has 3 atom stereocenters. The highest BCUT2D eigenvalue weighted by molar-refractivity contribution is 4.89. The quantitative estimate of drug-likeness (QED) is 0.771. The van der Waals surface area contributed by atoms with Gasteiger partial charge in [-0.1, -0.05) is 33.6 Å². The fourth-order valence-corrected chi connectivity index (χ4v) is 4.57. The van der Waals surface area contributed by atoms with Crippen molar-refractivity contribution in [1.29, 1.82) is 0 Å². The molecule has 2 aliphatic carbocycles. The SMILES string of the molecule is CCNC(C1CCCC1)C1CC(C)CC(C)C1. The van der Waals surface area contributed by atoms with Crippen LogP contribution in [0.3, 0.4) is 0 Å². The summed E-state index contributed by atoms with van der Waals surface area (Å²) >= 11 is 0. The van der Waals surface area contributed by atoms with Gasteiger partial charge in [0.05, 0.1) is 0 Å². The molecule has 100 valence electrons. The molecular weight excluding hydrogens is 206 g/mol. The van der Waals surface area contributed by atoms with E-state index in [0.717, 1.165) is 36.3 Å². The van der Waals surface area contributed by atoms with Crippen LogP contribution in [0.25, 0.3) is 0 Å². The van der Waals surface area contributed by atoms with Crippen LogP contribution in [0.2, 0.25) is 0 Å². The van der Waals surface area contributed by atoms with Gasteiger partial charge in [0, 0.05) is 6.04 Å². The summed E-state index contributed by atoms with van der Waals surface area (Å²) in [6.45, 7) is 8.35. The molecule has 0 amide bonds. The van der Waals surface area contributed by atoms with Gasteiger partial charge >= 0.3 is 0 Å². The third kappa shape index (κ3) is 3.47. The van der Waals surface area contributed by atoms with Crippen LogP contribution in [0.5, 0.6) is 0 Å². The Morgan fingerprint density at radius 2 is 1.53 bits per heavy atom. The third-order valence-corrected chi connectivity index (χ3v) is 5.07. The maximum atomic E-state index is 3.84. The molecule has 2 saturated carbocycles. The smallest absolute Gasteiger partial charge is 0.0124 e. The van der Waals surface area contributed by atoms with Crippen LogP contribution in [0, 0.1) is 23.7 Å². The van der Waals surface area contributed by atoms with E-state index < -0.39 is 0 Å². The lowest BCUT2D eigenvalue weighted by Gasteiger charge is -2.39. The molecule has 2 aliphatic rings. The molecule has 0 aromatic carbocycles. The van der Waals surface area contributed by atoms with Crippen molar-refractivity contribution in [3.63, 3.8) is 0 Å². The topological polar surface area (TPSA) is 12.0 Å². The Labute approximate surface area is 108 Å². The van der Waals surface area contributed by atoms with Gasteiger partial charge in [0.2, 0.25) is 0 Å². The van der Waals surface area contributed by atoms with Crippen molar-refractivity contribution in [1.82, 2.24) is 5.32 Å². The van der Waals surface area contributed by atoms with Crippen molar-refractivity contribution in [2.45, 2.75) is 71.8 Å². The van der Waals surface area contributed by atoms with Gasteiger partial charge in [-0.15, -0.1) is 0 Å². The number of hydrogen-bond acceptors (Lipinski definition) is 1. The van der Waals surface area contributed by atoms with Crippen molar-refractivity contribution in [2.75, 3.05) is 6.54 Å². The lowest BCUT2D eigenvalue weighted by atomic mass is 9.71. The summed E-state index contributed by atoms with van der Waals surface area (Å²) in [5, 5.41) is 3.84. The Morgan fingerprint density at radius 1 is 0.941 bits per heavy atom. The second-order valence-corrected chi connectivity index (χ2v) is 6.81. The van der Waals surface area contributed by atoms with Gasteiger partial charge in [-0.2, -0.15) is 0 Å². The van der Waals surface area contributed by atoms with E-state index in [4.69, 9.17) is 0 Å². The molecule has 0 aromatic heterocycles. The highest BCUT2D eigenvalue weighted by atomic mass is 14.9. The Kier molecular flexibility index (Phi) is 4.90. The minimum atomic E-state index is 0.827. The molecule has 1 N–H and O–H groups in total. The van der Waals surface area contributed by atoms with Gasteiger partial charge in [0.1, 0.15) is 0 Å². The summed E-state index contributed by atoms with van der Waals surface area (Å²) in [6, 6.07) is 0.827. The van der Waals surface area contributed by atoms with E-state index in [1.807, 2.05) is 0 Å². The fraction of sp³-hybridized carbons (Fsp3) is 1.00. The first kappa shape index (κ1) is 13.4. The third-order valence-electron chi connectivity index (χ3n) is 5.07. The molecule has 0 aromatic rings. The molecule has 17 heavy (non-hydrogen) atoms. The minimum Gasteiger partial charge on any atom is -0.314 e. The molecule has 2 rings (SSSR count). The zero-order valence-corrected chi connectivity index (χ0v) is 12.0. The van der Waals surface area contributed by atoms with Crippen molar-refractivity contribution in [3.8, 4) is 0 Å². The molecular formula is C16H31N. The first-order chi connectivity index (χ1) is 8.20. The molecule has 1 heteroatoms. The number of hydrogen-bond donors (Lipinski definition) is 1. The van der Waals surface area contributed by atoms with E-state index in [9.17, 15) is 0 Å². The van der Waals surface area contributed by atoms with Crippen LogP contribution in [0.1, 0.15) is 65.7 Å². The Morgan fingerprint density at radius 3 is 2.06 bits per heavy atom. The summed E-state index contributed by atoms with van der Waals surface area (Å²) in [7, 11) is 0. The van der Waals surface area contributed by atoms with E-state index in [0.29, 0.717) is 0 Å². The van der Waals surface area contributed by atoms with E-state index in [-0.39, 0.29) is 0 Å². The normalized spacial score (nSPS) is 37.2. The molecule has 1 nitrogen and oxygen atoms in total. The second-order valence-electron chi connectivity index (χ2n) is 6.81. The monoisotopic (exact) mass is 237 g/mol. The molecule has 0 radical (unpaired) electrons. The van der Waals surface area contributed by atoms with Crippen LogP contribution in [0.4, 0.5) is 0 Å². The summed E-state index contributed by atoms with van der Waals surface area (Å²) in [4.78, 5) is 0. The van der Waals surface area contributed by atoms with Crippen LogP contribution in [-0.4, -0.2) is 12.6 Å². The maximum absolute atomic E-state index is 3.84. The van der Waals surface area contributed by atoms with Gasteiger partial charge in [0.25, 0.3) is 0 Å². The van der Waals surface area contributed by atoms with Crippen molar-refractivity contribution < 1.29 is 0 Å². The van der Waals surface area contributed by atoms with Gasteiger partial charge in [-0.25, -0.2) is 0 Å². The van der Waals surface area contributed by atoms with Crippen molar-refractivity contribution in [3.05, 3.63) is 0 Å². The summed E-state index contributed by atoms with van der Waals surface area (Å²) < 4.78 is 0. The number of nitrogens with one attached hydrogen (secondary N) is 1. The van der Waals surface area contributed by atoms with Crippen LogP contribution in [-0.2, 0) is 0 Å². The minimum absolute atomic E-state index is 0.827. The van der Waals surface area contributed by atoms with Crippen LogP contribution < -0.4 is 5.32 Å². The molecule has 0 saturated heterocycles. The average molecular weight is 237 g/mol. The molecule has 0 aliphatic heterocycles. The largest absolute Gasteiger partial charge is 0.314 e. The standard InChI is InChI=1S/C16H31N/c1-4-17-16(14-7-5-6-8-14)15-10-12(2)9-13(3)11-15/h12-17H,4-11H2,1-3H3. The fourth-order valence-electron chi connectivity index (χ4n) is 4.57. The highest BCUT2D eigenvalue weighted by Crippen LogP contribution is 2.40. The second kappa shape index (κ2) is 6.22. The molecule has 3 unspecified atom stereocenters. The van der Waals surface area contributed by atoms with Gasteiger partial charge in [-0.3, -0.25) is 0 Å². The molecule has 0 bridgehead atoms. The van der Waals surface area contributed by atoms with Gasteiger partial charge < -0.3 is 5.32 Å². The zero-order chi connectivity index (χ0) is 12.3. The predicted octanol–water partition coefficient (Wildman–Crippen LogP) is 4.23. The Bertz CT molecular complexity index is 210. The highest BCUT2D eigenvalue weighted by Gasteiger charge is 2.34. The van der Waals surface area contributed by atoms with E-state index >= 15 is 0 Å².